The number of β-amino-alcohol motifs (C(OH)–C–C–N with tert-alkyl or cyclic N) is 1. The third-order valence-corrected chi connectivity index (χ3v) is 9.25. The molecule has 2 aliphatic carbocycles. The lowest BCUT2D eigenvalue weighted by molar-refractivity contribution is -0.139. The maximum atomic E-state index is 13.8. The van der Waals surface area contributed by atoms with Gasteiger partial charge in [-0.25, -0.2) is 14.2 Å². The van der Waals surface area contributed by atoms with Crippen molar-refractivity contribution in [2.24, 2.45) is 11.7 Å². The highest BCUT2D eigenvalue weighted by Gasteiger charge is 2.64. The molecule has 4 N–H and O–H groups in total. The topological polar surface area (TPSA) is 94.7 Å². The molecule has 2 saturated carbocycles. The summed E-state index contributed by atoms with van der Waals surface area (Å²) in [5.74, 6) is -1.13. The minimum absolute atomic E-state index is 0.0212. The SMILES string of the molecule is NCc1ncc([C@]23CC[C@H](N(CCCN4CC[C@@H](O)C4)C(=O)Nc4ccc(F)c(C(F)(F)F)c4)[C@H]2C3)s1. The van der Waals surface area contributed by atoms with E-state index in [1.807, 2.05) is 6.20 Å². The van der Waals surface area contributed by atoms with E-state index in [-0.39, 0.29) is 29.2 Å². The first kappa shape index (κ1) is 26.3. The third-order valence-electron chi connectivity index (χ3n) is 8.01. The van der Waals surface area contributed by atoms with Gasteiger partial charge in [-0.15, -0.1) is 11.3 Å². The maximum Gasteiger partial charge on any atom is 0.419 e. The molecule has 5 rings (SSSR count). The van der Waals surface area contributed by atoms with Crippen molar-refractivity contribution in [1.82, 2.24) is 14.8 Å². The van der Waals surface area contributed by atoms with Crippen molar-refractivity contribution in [2.45, 2.75) is 62.4 Å². The summed E-state index contributed by atoms with van der Waals surface area (Å²) in [4.78, 5) is 22.9. The molecule has 7 nitrogen and oxygen atoms in total. The van der Waals surface area contributed by atoms with Crippen LogP contribution in [0, 0.1) is 11.7 Å². The first-order valence-corrected chi connectivity index (χ1v) is 13.4. The van der Waals surface area contributed by atoms with Gasteiger partial charge in [0.2, 0.25) is 0 Å². The van der Waals surface area contributed by atoms with Crippen LogP contribution in [0.15, 0.2) is 24.4 Å². The highest BCUT2D eigenvalue weighted by Crippen LogP contribution is 2.66. The molecule has 0 bridgehead atoms. The van der Waals surface area contributed by atoms with E-state index in [1.54, 1.807) is 16.2 Å². The number of urea groups is 1. The minimum Gasteiger partial charge on any atom is -0.392 e. The zero-order chi connectivity index (χ0) is 26.4. The number of benzene rings is 1. The van der Waals surface area contributed by atoms with Gasteiger partial charge in [0.25, 0.3) is 0 Å². The summed E-state index contributed by atoms with van der Waals surface area (Å²) in [5, 5.41) is 13.3. The molecule has 2 amide bonds. The molecule has 2 aromatic rings. The molecule has 1 aromatic carbocycles. The number of amides is 2. The van der Waals surface area contributed by atoms with Crippen LogP contribution in [0.1, 0.15) is 47.6 Å². The first-order valence-electron chi connectivity index (χ1n) is 12.6. The van der Waals surface area contributed by atoms with Gasteiger partial charge >= 0.3 is 12.2 Å². The third kappa shape index (κ3) is 5.34. The number of hydrogen-bond donors (Lipinski definition) is 3. The lowest BCUT2D eigenvalue weighted by Gasteiger charge is -2.31. The number of rotatable bonds is 8. The fraction of sp³-hybridized carbons (Fsp3) is 0.600. The minimum atomic E-state index is -4.86. The van der Waals surface area contributed by atoms with Crippen LogP contribution >= 0.6 is 11.3 Å². The summed E-state index contributed by atoms with van der Waals surface area (Å²) in [6, 6.07) is 1.96. The predicted octanol–water partition coefficient (Wildman–Crippen LogP) is 4.17. The number of nitrogens with zero attached hydrogens (tertiary/aromatic N) is 3. The van der Waals surface area contributed by atoms with Crippen molar-refractivity contribution in [2.75, 3.05) is 31.5 Å². The summed E-state index contributed by atoms with van der Waals surface area (Å²) >= 11 is 1.61. The standard InChI is InChI=1S/C25H31F4N5O2S/c26-19-3-2-15(10-17(19)25(27,28)29)32-23(36)34(8-1-7-33-9-5-16(35)14-33)20-4-6-24(11-18(20)24)21-13-31-22(12-30)37-21/h2-3,10,13,16,18,20,35H,1,4-9,11-12,14,30H2,(H,32,36)/t16-,18-,20+,24+/m1/s1. The van der Waals surface area contributed by atoms with Crippen molar-refractivity contribution in [3.05, 3.63) is 45.7 Å². The highest BCUT2D eigenvalue weighted by molar-refractivity contribution is 7.11. The number of fused-ring (bicyclic) bond motifs is 1. The van der Waals surface area contributed by atoms with Gasteiger partial charge in [-0.2, -0.15) is 13.2 Å². The molecule has 37 heavy (non-hydrogen) atoms. The zero-order valence-corrected chi connectivity index (χ0v) is 21.1. The van der Waals surface area contributed by atoms with E-state index in [1.165, 1.54) is 4.88 Å². The molecule has 0 unspecified atom stereocenters. The van der Waals surface area contributed by atoms with E-state index in [4.69, 9.17) is 5.73 Å². The lowest BCUT2D eigenvalue weighted by Crippen LogP contribution is -2.44. The average Bonchev–Trinajstić information content (AvgIpc) is 3.18. The van der Waals surface area contributed by atoms with Crippen LogP contribution in [0.4, 0.5) is 28.0 Å². The Morgan fingerprint density at radius 1 is 1.35 bits per heavy atom. The van der Waals surface area contributed by atoms with Gasteiger partial charge in [-0.05, 0) is 62.8 Å². The summed E-state index contributed by atoms with van der Waals surface area (Å²) in [6.07, 6.45) is 0.714. The van der Waals surface area contributed by atoms with Crippen molar-refractivity contribution in [3.63, 3.8) is 0 Å². The Morgan fingerprint density at radius 3 is 2.81 bits per heavy atom. The van der Waals surface area contributed by atoms with Crippen molar-refractivity contribution in [1.29, 1.82) is 0 Å². The normalized spacial score (nSPS) is 27.4. The molecule has 0 radical (unpaired) electrons. The molecule has 4 atom stereocenters. The number of anilines is 1. The van der Waals surface area contributed by atoms with Gasteiger partial charge in [-0.1, -0.05) is 0 Å². The molecule has 1 aromatic heterocycles. The molecule has 0 spiro atoms. The van der Waals surface area contributed by atoms with Crippen LogP contribution in [-0.4, -0.2) is 64.2 Å². The number of carbonyl (C=O) groups excluding carboxylic acids is 1. The summed E-state index contributed by atoms with van der Waals surface area (Å²) in [7, 11) is 0. The number of hydrogen-bond acceptors (Lipinski definition) is 6. The molecule has 202 valence electrons. The molecule has 1 aliphatic heterocycles. The fourth-order valence-corrected chi connectivity index (χ4v) is 7.15. The Labute approximate surface area is 216 Å². The van der Waals surface area contributed by atoms with Crippen LogP contribution in [0.25, 0.3) is 0 Å². The molecule has 12 heteroatoms. The second kappa shape index (κ2) is 10.1. The van der Waals surface area contributed by atoms with Gasteiger partial charge in [0, 0.05) is 54.4 Å². The highest BCUT2D eigenvalue weighted by atomic mass is 32.1. The Balaban J connectivity index is 1.32. The number of nitrogens with one attached hydrogen (secondary N) is 1. The number of alkyl halides is 3. The molecule has 1 saturated heterocycles. The van der Waals surface area contributed by atoms with Crippen LogP contribution in [0.2, 0.25) is 0 Å². The van der Waals surface area contributed by atoms with E-state index in [0.717, 1.165) is 49.4 Å². The maximum absolute atomic E-state index is 13.8. The number of likely N-dealkylation sites (tertiary alicyclic amines) is 1. The van der Waals surface area contributed by atoms with E-state index in [2.05, 4.69) is 15.2 Å². The largest absolute Gasteiger partial charge is 0.419 e. The molecular weight excluding hydrogens is 510 g/mol. The average molecular weight is 542 g/mol. The Hall–Kier alpha value is -2.28. The van der Waals surface area contributed by atoms with E-state index in [9.17, 15) is 27.5 Å². The quantitative estimate of drug-likeness (QED) is 0.436. The number of aliphatic hydroxyl groups excluding tert-OH is 1. The van der Waals surface area contributed by atoms with Crippen LogP contribution < -0.4 is 11.1 Å². The van der Waals surface area contributed by atoms with E-state index in [0.29, 0.717) is 38.7 Å². The summed E-state index contributed by atoms with van der Waals surface area (Å²) < 4.78 is 53.4. The molecule has 3 fully saturated rings. The number of nitrogens with two attached hydrogens (primary N) is 1. The van der Waals surface area contributed by atoms with Gasteiger partial charge in [-0.3, -0.25) is 0 Å². The van der Waals surface area contributed by atoms with Crippen molar-refractivity contribution in [3.8, 4) is 0 Å². The summed E-state index contributed by atoms with van der Waals surface area (Å²) in [5.41, 5.74) is 4.22. The molecular formula is C25H31F4N5O2S. The Kier molecular flexibility index (Phi) is 7.20. The predicted molar refractivity (Wildman–Crippen MR) is 132 cm³/mol. The first-order chi connectivity index (χ1) is 17.6. The van der Waals surface area contributed by atoms with Gasteiger partial charge in [0.05, 0.1) is 11.7 Å². The van der Waals surface area contributed by atoms with Gasteiger partial charge < -0.3 is 26.0 Å². The number of aromatic nitrogens is 1. The number of thiazole rings is 1. The van der Waals surface area contributed by atoms with E-state index < -0.39 is 23.6 Å². The Morgan fingerprint density at radius 2 is 2.16 bits per heavy atom. The van der Waals surface area contributed by atoms with Crippen LogP contribution in [-0.2, 0) is 18.1 Å². The van der Waals surface area contributed by atoms with Crippen molar-refractivity contribution >= 4 is 23.1 Å². The molecule has 2 heterocycles. The monoisotopic (exact) mass is 541 g/mol. The number of halogens is 4. The van der Waals surface area contributed by atoms with Crippen LogP contribution in [0.5, 0.6) is 0 Å². The molecule has 3 aliphatic rings. The van der Waals surface area contributed by atoms with Crippen molar-refractivity contribution < 1.29 is 27.5 Å². The van der Waals surface area contributed by atoms with Crippen LogP contribution in [0.3, 0.4) is 0 Å². The number of aliphatic hydroxyl groups is 1. The van der Waals surface area contributed by atoms with E-state index >= 15 is 0 Å². The van der Waals surface area contributed by atoms with Gasteiger partial charge in [0.1, 0.15) is 10.8 Å². The fourth-order valence-electron chi connectivity index (χ4n) is 6.06. The number of carbonyl (C=O) groups is 1. The summed E-state index contributed by atoms with van der Waals surface area (Å²) in [6.45, 7) is 2.93. The van der Waals surface area contributed by atoms with Gasteiger partial charge in [0.15, 0.2) is 0 Å². The lowest BCUT2D eigenvalue weighted by atomic mass is 10.0. The second-order valence-electron chi connectivity index (χ2n) is 10.3. The zero-order valence-electron chi connectivity index (χ0n) is 20.3. The smallest absolute Gasteiger partial charge is 0.392 e. The second-order valence-corrected chi connectivity index (χ2v) is 11.4. The Bertz CT molecular complexity index is 1140.